The molecule has 1 amide bonds. The summed E-state index contributed by atoms with van der Waals surface area (Å²) in [5, 5.41) is 1.69. The maximum Gasteiger partial charge on any atom is 0.217 e. The molecular formula is C26H36ClN5O2Si. The molecule has 0 radical (unpaired) electrons. The zero-order chi connectivity index (χ0) is 25.2. The van der Waals surface area contributed by atoms with Crippen LogP contribution in [0.1, 0.15) is 26.2 Å². The van der Waals surface area contributed by atoms with Crippen molar-refractivity contribution in [2.24, 2.45) is 11.1 Å². The molecular weight excluding hydrogens is 478 g/mol. The molecule has 0 unspecified atom stereocenters. The van der Waals surface area contributed by atoms with Crippen molar-refractivity contribution in [3.05, 3.63) is 41.8 Å². The maximum atomic E-state index is 11.6. The third-order valence-corrected chi connectivity index (χ3v) is 8.81. The number of anilines is 1. The molecule has 0 atom stereocenters. The van der Waals surface area contributed by atoms with Crippen LogP contribution in [0.2, 0.25) is 30.7 Å². The molecule has 0 aliphatic carbocycles. The maximum absolute atomic E-state index is 11.6. The summed E-state index contributed by atoms with van der Waals surface area (Å²) < 4.78 is 8.15. The number of halogens is 1. The Kier molecular flexibility index (Phi) is 7.54. The minimum absolute atomic E-state index is 0.0690. The summed E-state index contributed by atoms with van der Waals surface area (Å²) in [4.78, 5) is 23.3. The Hall–Kier alpha value is -2.42. The van der Waals surface area contributed by atoms with Crippen LogP contribution in [0.4, 0.5) is 5.82 Å². The average molecular weight is 514 g/mol. The van der Waals surface area contributed by atoms with E-state index in [1.807, 2.05) is 18.2 Å². The number of rotatable bonds is 9. The van der Waals surface area contributed by atoms with Gasteiger partial charge in [-0.1, -0.05) is 50.3 Å². The molecule has 1 aliphatic heterocycles. The van der Waals surface area contributed by atoms with Crippen LogP contribution >= 0.6 is 11.6 Å². The number of carbonyl (C=O) groups is 1. The van der Waals surface area contributed by atoms with Crippen LogP contribution in [0.3, 0.4) is 0 Å². The summed E-state index contributed by atoms with van der Waals surface area (Å²) in [6.45, 7) is 12.0. The zero-order valence-corrected chi connectivity index (χ0v) is 22.9. The first-order chi connectivity index (χ1) is 16.5. The van der Waals surface area contributed by atoms with Crippen molar-refractivity contribution < 1.29 is 9.53 Å². The van der Waals surface area contributed by atoms with E-state index in [1.165, 1.54) is 0 Å². The second kappa shape index (κ2) is 10.3. The molecule has 7 nitrogen and oxygen atoms in total. The summed E-state index contributed by atoms with van der Waals surface area (Å²) in [7, 11) is -1.17. The second-order valence-electron chi connectivity index (χ2n) is 11.2. The van der Waals surface area contributed by atoms with E-state index in [4.69, 9.17) is 27.1 Å². The Morgan fingerprint density at radius 3 is 2.63 bits per heavy atom. The molecule has 0 spiro atoms. The number of nitrogens with zero attached hydrogens (tertiary/aromatic N) is 4. The summed E-state index contributed by atoms with van der Waals surface area (Å²) >= 11 is 6.35. The molecule has 3 aromatic rings. The highest BCUT2D eigenvalue weighted by atomic mass is 35.5. The third-order valence-electron chi connectivity index (χ3n) is 6.87. The van der Waals surface area contributed by atoms with Gasteiger partial charge in [-0.3, -0.25) is 4.79 Å². The van der Waals surface area contributed by atoms with E-state index >= 15 is 0 Å². The van der Waals surface area contributed by atoms with Crippen molar-refractivity contribution in [1.82, 2.24) is 14.5 Å². The zero-order valence-electron chi connectivity index (χ0n) is 21.2. The van der Waals surface area contributed by atoms with Gasteiger partial charge in [0.15, 0.2) is 0 Å². The van der Waals surface area contributed by atoms with Gasteiger partial charge < -0.3 is 19.9 Å². The normalized spacial score (nSPS) is 16.1. The SMILES string of the molecule is CC1(CC(N)=O)CCN(c2ncnc3c2c(-c2cccc(Cl)c2)cn3COCC[Si](C)(C)C)CC1. The van der Waals surface area contributed by atoms with Crippen molar-refractivity contribution in [1.29, 1.82) is 0 Å². The molecule has 4 rings (SSSR count). The Morgan fingerprint density at radius 2 is 1.97 bits per heavy atom. The van der Waals surface area contributed by atoms with Crippen LogP contribution in [0.15, 0.2) is 36.8 Å². The molecule has 1 fully saturated rings. The third kappa shape index (κ3) is 6.23. The summed E-state index contributed by atoms with van der Waals surface area (Å²) in [6, 6.07) is 9.00. The van der Waals surface area contributed by atoms with Crippen LogP contribution in [0.25, 0.3) is 22.2 Å². The molecule has 9 heteroatoms. The highest BCUT2D eigenvalue weighted by Gasteiger charge is 2.33. The Bertz CT molecular complexity index is 1200. The van der Waals surface area contributed by atoms with Gasteiger partial charge in [-0.2, -0.15) is 0 Å². The van der Waals surface area contributed by atoms with Crippen molar-refractivity contribution in [2.45, 2.75) is 58.6 Å². The number of hydrogen-bond donors (Lipinski definition) is 1. The van der Waals surface area contributed by atoms with Gasteiger partial charge in [0, 0.05) is 51.0 Å². The standard InChI is InChI=1S/C26H36ClN5O2Si/c1-26(15-22(28)33)8-10-31(11-9-26)24-23-21(19-6-5-7-20(27)14-19)16-32(25(23)30-17-29-24)18-34-12-13-35(2,3)4/h5-7,14,16-17H,8-13,15,18H2,1-4H3,(H2,28,33). The van der Waals surface area contributed by atoms with E-state index in [0.29, 0.717) is 18.2 Å². The molecule has 1 saturated heterocycles. The Labute approximate surface area is 213 Å². The van der Waals surface area contributed by atoms with Gasteiger partial charge in [-0.15, -0.1) is 0 Å². The number of amides is 1. The van der Waals surface area contributed by atoms with Gasteiger partial charge >= 0.3 is 0 Å². The predicted octanol–water partition coefficient (Wildman–Crippen LogP) is 5.55. The number of hydrogen-bond acceptors (Lipinski definition) is 5. The monoisotopic (exact) mass is 513 g/mol. The van der Waals surface area contributed by atoms with Gasteiger partial charge in [-0.05, 0) is 42.0 Å². The van der Waals surface area contributed by atoms with Crippen LogP contribution in [0, 0.1) is 5.41 Å². The molecule has 2 aromatic heterocycles. The minimum Gasteiger partial charge on any atom is -0.370 e. The lowest BCUT2D eigenvalue weighted by Crippen LogP contribution is -2.41. The fourth-order valence-electron chi connectivity index (χ4n) is 4.72. The summed E-state index contributed by atoms with van der Waals surface area (Å²) in [6.07, 6.45) is 5.92. The Morgan fingerprint density at radius 1 is 1.23 bits per heavy atom. The number of benzene rings is 1. The lowest BCUT2D eigenvalue weighted by Gasteiger charge is -2.39. The van der Waals surface area contributed by atoms with E-state index in [2.05, 4.69) is 53.3 Å². The number of ether oxygens (including phenoxy) is 1. The van der Waals surface area contributed by atoms with Crippen molar-refractivity contribution in [3.8, 4) is 11.1 Å². The van der Waals surface area contributed by atoms with Crippen LogP contribution in [-0.4, -0.2) is 48.2 Å². The molecule has 0 bridgehead atoms. The largest absolute Gasteiger partial charge is 0.370 e. The molecule has 2 N–H and O–H groups in total. The molecule has 1 aliphatic rings. The number of carbonyl (C=O) groups excluding carboxylic acids is 1. The van der Waals surface area contributed by atoms with E-state index in [9.17, 15) is 4.79 Å². The van der Waals surface area contributed by atoms with E-state index < -0.39 is 8.07 Å². The lowest BCUT2D eigenvalue weighted by molar-refractivity contribution is -0.120. The molecule has 35 heavy (non-hydrogen) atoms. The second-order valence-corrected chi connectivity index (χ2v) is 17.3. The van der Waals surface area contributed by atoms with Crippen LogP contribution in [-0.2, 0) is 16.3 Å². The minimum atomic E-state index is -1.17. The van der Waals surface area contributed by atoms with Gasteiger partial charge in [-0.25, -0.2) is 9.97 Å². The molecule has 3 heterocycles. The van der Waals surface area contributed by atoms with Crippen molar-refractivity contribution in [2.75, 3.05) is 24.6 Å². The highest BCUT2D eigenvalue weighted by molar-refractivity contribution is 6.76. The average Bonchev–Trinajstić information content (AvgIpc) is 3.15. The first kappa shape index (κ1) is 25.7. The van der Waals surface area contributed by atoms with Crippen LogP contribution < -0.4 is 10.6 Å². The van der Waals surface area contributed by atoms with Gasteiger partial charge in [0.2, 0.25) is 5.91 Å². The van der Waals surface area contributed by atoms with Crippen molar-refractivity contribution >= 4 is 42.4 Å². The number of nitrogens with two attached hydrogens (primary N) is 1. The lowest BCUT2D eigenvalue weighted by atomic mass is 9.77. The molecule has 1 aromatic carbocycles. The number of fused-ring (bicyclic) bond motifs is 1. The van der Waals surface area contributed by atoms with Gasteiger partial charge in [0.1, 0.15) is 24.5 Å². The Balaban J connectivity index is 1.68. The summed E-state index contributed by atoms with van der Waals surface area (Å²) in [5.41, 5.74) is 8.35. The molecule has 0 saturated carbocycles. The van der Waals surface area contributed by atoms with Crippen LogP contribution in [0.5, 0.6) is 0 Å². The highest BCUT2D eigenvalue weighted by Crippen LogP contribution is 2.40. The predicted molar refractivity (Wildman–Crippen MR) is 145 cm³/mol. The van der Waals surface area contributed by atoms with E-state index in [1.54, 1.807) is 6.33 Å². The first-order valence-electron chi connectivity index (χ1n) is 12.3. The van der Waals surface area contributed by atoms with Crippen molar-refractivity contribution in [3.63, 3.8) is 0 Å². The fourth-order valence-corrected chi connectivity index (χ4v) is 5.66. The topological polar surface area (TPSA) is 86.3 Å². The van der Waals surface area contributed by atoms with Gasteiger partial charge in [0.25, 0.3) is 0 Å². The number of piperidine rings is 1. The first-order valence-corrected chi connectivity index (χ1v) is 16.3. The fraction of sp³-hybridized carbons (Fsp3) is 0.500. The number of primary amides is 1. The summed E-state index contributed by atoms with van der Waals surface area (Å²) in [5.74, 6) is 0.673. The van der Waals surface area contributed by atoms with E-state index in [-0.39, 0.29) is 11.3 Å². The number of aromatic nitrogens is 3. The van der Waals surface area contributed by atoms with E-state index in [0.717, 1.165) is 66.6 Å². The quantitative estimate of drug-likeness (QED) is 0.299. The van der Waals surface area contributed by atoms with Gasteiger partial charge in [0.05, 0.1) is 5.39 Å². The molecule has 188 valence electrons. The smallest absolute Gasteiger partial charge is 0.217 e.